The number of rotatable bonds is 4. The van der Waals surface area contributed by atoms with Gasteiger partial charge in [-0.25, -0.2) is 13.5 Å². The highest BCUT2D eigenvalue weighted by atomic mass is 19.1. The maximum Gasteiger partial charge on any atom is 0.128 e. The van der Waals surface area contributed by atoms with Gasteiger partial charge in [0.1, 0.15) is 17.5 Å². The molecule has 0 atom stereocenters. The summed E-state index contributed by atoms with van der Waals surface area (Å²) in [6.07, 6.45) is 0. The third kappa shape index (κ3) is 2.67. The second kappa shape index (κ2) is 5.16. The van der Waals surface area contributed by atoms with Gasteiger partial charge in [-0.05, 0) is 32.0 Å². The topological polar surface area (TPSA) is 29.9 Å². The van der Waals surface area contributed by atoms with E-state index < -0.39 is 11.6 Å². The van der Waals surface area contributed by atoms with Gasteiger partial charge < -0.3 is 5.32 Å². The minimum atomic E-state index is -0.437. The second-order valence-electron chi connectivity index (χ2n) is 4.08. The highest BCUT2D eigenvalue weighted by molar-refractivity contribution is 5.38. The Morgan fingerprint density at radius 2 is 2.06 bits per heavy atom. The van der Waals surface area contributed by atoms with E-state index in [0.29, 0.717) is 5.56 Å². The van der Waals surface area contributed by atoms with Crippen molar-refractivity contribution >= 4 is 5.82 Å². The fraction of sp³-hybridized carbons (Fsp3) is 0.308. The predicted molar refractivity (Wildman–Crippen MR) is 66.3 cm³/mol. The van der Waals surface area contributed by atoms with E-state index >= 15 is 0 Å². The van der Waals surface area contributed by atoms with Gasteiger partial charge >= 0.3 is 0 Å². The van der Waals surface area contributed by atoms with Gasteiger partial charge in [-0.2, -0.15) is 5.10 Å². The van der Waals surface area contributed by atoms with Crippen molar-refractivity contribution in [3.63, 3.8) is 0 Å². The van der Waals surface area contributed by atoms with E-state index in [-0.39, 0.29) is 6.54 Å². The van der Waals surface area contributed by atoms with Crippen molar-refractivity contribution < 1.29 is 8.78 Å². The number of hydrogen-bond acceptors (Lipinski definition) is 2. The van der Waals surface area contributed by atoms with Gasteiger partial charge in [0.05, 0.1) is 5.69 Å². The SMILES string of the molecule is CCn1nc(C)cc1NCc1cc(F)ccc1F. The molecule has 0 bridgehead atoms. The maximum atomic E-state index is 13.4. The van der Waals surface area contributed by atoms with Crippen LogP contribution in [0.25, 0.3) is 0 Å². The fourth-order valence-corrected chi connectivity index (χ4v) is 1.79. The van der Waals surface area contributed by atoms with Crippen LogP contribution in [0.1, 0.15) is 18.2 Å². The average Bonchev–Trinajstić information content (AvgIpc) is 2.71. The van der Waals surface area contributed by atoms with Crippen molar-refractivity contribution in [2.45, 2.75) is 26.9 Å². The van der Waals surface area contributed by atoms with Crippen LogP contribution in [0.15, 0.2) is 24.3 Å². The Morgan fingerprint density at radius 1 is 1.28 bits per heavy atom. The van der Waals surface area contributed by atoms with Crippen LogP contribution in [-0.2, 0) is 13.1 Å². The van der Waals surface area contributed by atoms with E-state index in [1.807, 2.05) is 19.9 Å². The molecule has 1 aromatic heterocycles. The lowest BCUT2D eigenvalue weighted by Gasteiger charge is -2.08. The van der Waals surface area contributed by atoms with Crippen molar-refractivity contribution in [1.29, 1.82) is 0 Å². The molecule has 1 heterocycles. The van der Waals surface area contributed by atoms with E-state index in [4.69, 9.17) is 0 Å². The molecule has 5 heteroatoms. The van der Waals surface area contributed by atoms with Crippen molar-refractivity contribution in [1.82, 2.24) is 9.78 Å². The minimum absolute atomic E-state index is 0.231. The Morgan fingerprint density at radius 3 is 2.78 bits per heavy atom. The van der Waals surface area contributed by atoms with Crippen LogP contribution in [-0.4, -0.2) is 9.78 Å². The summed E-state index contributed by atoms with van der Waals surface area (Å²) in [6.45, 7) is 4.82. The zero-order valence-electron chi connectivity index (χ0n) is 10.4. The lowest BCUT2D eigenvalue weighted by atomic mass is 10.2. The van der Waals surface area contributed by atoms with Gasteiger partial charge in [0.15, 0.2) is 0 Å². The zero-order chi connectivity index (χ0) is 13.1. The number of aromatic nitrogens is 2. The van der Waals surface area contributed by atoms with Gasteiger partial charge in [0.25, 0.3) is 0 Å². The smallest absolute Gasteiger partial charge is 0.128 e. The van der Waals surface area contributed by atoms with Crippen LogP contribution in [0.5, 0.6) is 0 Å². The Labute approximate surface area is 104 Å². The number of anilines is 1. The molecule has 0 aliphatic heterocycles. The number of nitrogens with one attached hydrogen (secondary N) is 1. The summed E-state index contributed by atoms with van der Waals surface area (Å²) >= 11 is 0. The van der Waals surface area contributed by atoms with Crippen LogP contribution in [0.3, 0.4) is 0 Å². The van der Waals surface area contributed by atoms with Gasteiger partial charge in [0, 0.05) is 24.7 Å². The van der Waals surface area contributed by atoms with Crippen LogP contribution < -0.4 is 5.32 Å². The minimum Gasteiger partial charge on any atom is -0.366 e. The summed E-state index contributed by atoms with van der Waals surface area (Å²) in [5.74, 6) is -0.0461. The standard InChI is InChI=1S/C13H15F2N3/c1-3-18-13(6-9(2)17-18)16-8-10-7-11(14)4-5-12(10)15/h4-7,16H,3,8H2,1-2H3. The molecule has 0 aliphatic carbocycles. The molecule has 0 saturated heterocycles. The molecule has 0 unspecified atom stereocenters. The first-order valence-electron chi connectivity index (χ1n) is 5.82. The molecule has 2 aromatic rings. The average molecular weight is 251 g/mol. The molecule has 0 fully saturated rings. The molecule has 0 saturated carbocycles. The van der Waals surface area contributed by atoms with Crippen molar-refractivity contribution in [3.05, 3.63) is 47.2 Å². The summed E-state index contributed by atoms with van der Waals surface area (Å²) in [6, 6.07) is 5.32. The Hall–Kier alpha value is -1.91. The molecule has 0 spiro atoms. The van der Waals surface area contributed by atoms with Gasteiger partial charge in [-0.3, -0.25) is 0 Å². The van der Waals surface area contributed by atoms with Crippen LogP contribution >= 0.6 is 0 Å². The molecule has 0 amide bonds. The predicted octanol–water partition coefficient (Wildman–Crippen LogP) is 3.10. The molecule has 0 aliphatic rings. The number of hydrogen-bond donors (Lipinski definition) is 1. The molecule has 1 N–H and O–H groups in total. The summed E-state index contributed by atoms with van der Waals surface area (Å²) in [5, 5.41) is 7.33. The van der Waals surface area contributed by atoms with E-state index in [1.165, 1.54) is 6.07 Å². The van der Waals surface area contributed by atoms with Gasteiger partial charge in [0.2, 0.25) is 0 Å². The van der Waals surface area contributed by atoms with Crippen molar-refractivity contribution in [3.8, 4) is 0 Å². The highest BCUT2D eigenvalue weighted by Gasteiger charge is 2.06. The van der Waals surface area contributed by atoms with Crippen molar-refractivity contribution in [2.75, 3.05) is 5.32 Å². The number of halogens is 2. The van der Waals surface area contributed by atoms with E-state index in [1.54, 1.807) is 4.68 Å². The van der Waals surface area contributed by atoms with Crippen LogP contribution in [0.2, 0.25) is 0 Å². The first-order chi connectivity index (χ1) is 8.60. The fourth-order valence-electron chi connectivity index (χ4n) is 1.79. The van der Waals surface area contributed by atoms with Gasteiger partial charge in [-0.15, -0.1) is 0 Å². The van der Waals surface area contributed by atoms with Crippen LogP contribution in [0.4, 0.5) is 14.6 Å². The highest BCUT2D eigenvalue weighted by Crippen LogP contribution is 2.14. The number of aryl methyl sites for hydroxylation is 2. The first kappa shape index (κ1) is 12.5. The monoisotopic (exact) mass is 251 g/mol. The normalized spacial score (nSPS) is 10.7. The zero-order valence-corrected chi connectivity index (χ0v) is 10.4. The molecule has 3 nitrogen and oxygen atoms in total. The lowest BCUT2D eigenvalue weighted by Crippen LogP contribution is -2.08. The molecule has 0 radical (unpaired) electrons. The van der Waals surface area contributed by atoms with E-state index in [2.05, 4.69) is 10.4 Å². The largest absolute Gasteiger partial charge is 0.366 e. The molecular weight excluding hydrogens is 236 g/mol. The maximum absolute atomic E-state index is 13.4. The summed E-state index contributed by atoms with van der Waals surface area (Å²) < 4.78 is 28.2. The summed E-state index contributed by atoms with van der Waals surface area (Å²) in [4.78, 5) is 0. The number of benzene rings is 1. The Bertz CT molecular complexity index is 549. The second-order valence-corrected chi connectivity index (χ2v) is 4.08. The third-order valence-electron chi connectivity index (χ3n) is 2.67. The molecule has 1 aromatic carbocycles. The summed E-state index contributed by atoms with van der Waals surface area (Å²) in [7, 11) is 0. The third-order valence-corrected chi connectivity index (χ3v) is 2.67. The molecule has 96 valence electrons. The Balaban J connectivity index is 2.13. The lowest BCUT2D eigenvalue weighted by molar-refractivity contribution is 0.586. The van der Waals surface area contributed by atoms with E-state index in [9.17, 15) is 8.78 Å². The van der Waals surface area contributed by atoms with E-state index in [0.717, 1.165) is 30.2 Å². The van der Waals surface area contributed by atoms with Gasteiger partial charge in [-0.1, -0.05) is 0 Å². The van der Waals surface area contributed by atoms with Crippen LogP contribution in [0, 0.1) is 18.6 Å². The molecule has 18 heavy (non-hydrogen) atoms. The molecular formula is C13H15F2N3. The molecule has 2 rings (SSSR count). The van der Waals surface area contributed by atoms with Crippen molar-refractivity contribution in [2.24, 2.45) is 0 Å². The number of nitrogens with zero attached hydrogens (tertiary/aromatic N) is 2. The quantitative estimate of drug-likeness (QED) is 0.904. The Kier molecular flexibility index (Phi) is 3.60. The summed E-state index contributed by atoms with van der Waals surface area (Å²) in [5.41, 5.74) is 1.19. The first-order valence-corrected chi connectivity index (χ1v) is 5.82.